The Morgan fingerprint density at radius 3 is 2.37 bits per heavy atom. The second-order valence-corrected chi connectivity index (χ2v) is 6.80. The summed E-state index contributed by atoms with van der Waals surface area (Å²) >= 11 is 0. The van der Waals surface area contributed by atoms with Gasteiger partial charge in [0.2, 0.25) is 5.43 Å². The van der Waals surface area contributed by atoms with Crippen molar-refractivity contribution in [1.29, 1.82) is 0 Å². The van der Waals surface area contributed by atoms with Crippen LogP contribution in [0, 0.1) is 6.92 Å². The van der Waals surface area contributed by atoms with Crippen molar-refractivity contribution in [2.45, 2.75) is 6.92 Å². The van der Waals surface area contributed by atoms with E-state index >= 15 is 0 Å². The summed E-state index contributed by atoms with van der Waals surface area (Å²) in [5, 5.41) is 6.91. The number of amides is 2. The number of hydrogen-bond acceptors (Lipinski definition) is 5. The second-order valence-electron chi connectivity index (χ2n) is 6.80. The molecule has 1 aromatic heterocycles. The van der Waals surface area contributed by atoms with Gasteiger partial charge in [-0.25, -0.2) is 4.68 Å². The molecule has 3 rings (SSSR count). The Balaban J connectivity index is 1.75. The van der Waals surface area contributed by atoms with Gasteiger partial charge in [0.1, 0.15) is 5.75 Å². The molecule has 2 aromatic carbocycles. The summed E-state index contributed by atoms with van der Waals surface area (Å²) in [5.74, 6) is -0.281. The number of hydrogen-bond donors (Lipinski definition) is 1. The number of anilines is 1. The molecule has 3 aromatic rings. The van der Waals surface area contributed by atoms with E-state index in [-0.39, 0.29) is 18.2 Å². The zero-order valence-electron chi connectivity index (χ0n) is 17.0. The van der Waals surface area contributed by atoms with E-state index in [9.17, 15) is 14.4 Å². The van der Waals surface area contributed by atoms with Crippen LogP contribution in [0.25, 0.3) is 5.69 Å². The van der Waals surface area contributed by atoms with Crippen LogP contribution in [0.5, 0.6) is 5.75 Å². The molecule has 0 unspecified atom stereocenters. The first kappa shape index (κ1) is 20.8. The van der Waals surface area contributed by atoms with Crippen molar-refractivity contribution in [1.82, 2.24) is 14.7 Å². The maximum absolute atomic E-state index is 12.6. The number of aryl methyl sites for hydroxylation is 1. The van der Waals surface area contributed by atoms with Crippen LogP contribution >= 0.6 is 0 Å². The number of para-hydroxylation sites is 1. The molecule has 8 heteroatoms. The van der Waals surface area contributed by atoms with E-state index in [0.717, 1.165) is 5.69 Å². The zero-order valence-corrected chi connectivity index (χ0v) is 17.0. The molecule has 30 heavy (non-hydrogen) atoms. The van der Waals surface area contributed by atoms with Crippen LogP contribution in [-0.2, 0) is 4.79 Å². The first-order chi connectivity index (χ1) is 14.3. The lowest BCUT2D eigenvalue weighted by atomic mass is 10.2. The highest BCUT2D eigenvalue weighted by molar-refractivity contribution is 6.02. The quantitative estimate of drug-likeness (QED) is 0.678. The molecule has 0 fully saturated rings. The van der Waals surface area contributed by atoms with Crippen LogP contribution in [0.3, 0.4) is 0 Å². The van der Waals surface area contributed by atoms with E-state index in [1.54, 1.807) is 50.0 Å². The highest BCUT2D eigenvalue weighted by Gasteiger charge is 2.16. The number of aromatic nitrogens is 2. The number of carbonyl (C=O) groups excluding carboxylic acids is 2. The summed E-state index contributed by atoms with van der Waals surface area (Å²) in [6.07, 6.45) is 0. The monoisotopic (exact) mass is 406 g/mol. The molecule has 1 N–H and O–H groups in total. The maximum atomic E-state index is 12.6. The van der Waals surface area contributed by atoms with Gasteiger partial charge in [-0.15, -0.1) is 0 Å². The largest absolute Gasteiger partial charge is 0.484 e. The van der Waals surface area contributed by atoms with Gasteiger partial charge in [-0.05, 0) is 43.3 Å². The van der Waals surface area contributed by atoms with Crippen LogP contribution < -0.4 is 15.5 Å². The van der Waals surface area contributed by atoms with Crippen LogP contribution in [0.2, 0.25) is 0 Å². The van der Waals surface area contributed by atoms with Crippen molar-refractivity contribution >= 4 is 17.5 Å². The molecule has 0 radical (unpaired) electrons. The third-order valence-corrected chi connectivity index (χ3v) is 4.30. The molecule has 0 aliphatic heterocycles. The SMILES string of the molecule is Cc1cc(=O)c(C(=O)Nc2ccc(OCC(=O)N(C)C)cc2)nn1-c1ccccc1. The second kappa shape index (κ2) is 9.04. The third kappa shape index (κ3) is 4.91. The van der Waals surface area contributed by atoms with Crippen molar-refractivity contribution in [2.24, 2.45) is 0 Å². The number of benzene rings is 2. The predicted molar refractivity (Wildman–Crippen MR) is 113 cm³/mol. The molecular weight excluding hydrogens is 384 g/mol. The van der Waals surface area contributed by atoms with E-state index in [2.05, 4.69) is 10.4 Å². The van der Waals surface area contributed by atoms with Crippen LogP contribution in [0.1, 0.15) is 16.2 Å². The van der Waals surface area contributed by atoms with Crippen molar-refractivity contribution in [3.05, 3.63) is 82.3 Å². The van der Waals surface area contributed by atoms with Crippen LogP contribution in [-0.4, -0.2) is 47.2 Å². The first-order valence-corrected chi connectivity index (χ1v) is 9.26. The Hall–Kier alpha value is -3.94. The Morgan fingerprint density at radius 2 is 1.73 bits per heavy atom. The van der Waals surface area contributed by atoms with Gasteiger partial charge in [0.25, 0.3) is 11.8 Å². The molecule has 0 spiro atoms. The van der Waals surface area contributed by atoms with Crippen LogP contribution in [0.15, 0.2) is 65.5 Å². The fourth-order valence-electron chi connectivity index (χ4n) is 2.63. The van der Waals surface area contributed by atoms with Gasteiger partial charge in [0.15, 0.2) is 12.3 Å². The molecule has 0 aliphatic rings. The van der Waals surface area contributed by atoms with Gasteiger partial charge in [-0.3, -0.25) is 14.4 Å². The molecule has 0 saturated carbocycles. The Morgan fingerprint density at radius 1 is 1.07 bits per heavy atom. The number of nitrogens with zero attached hydrogens (tertiary/aromatic N) is 3. The number of carbonyl (C=O) groups is 2. The summed E-state index contributed by atoms with van der Waals surface area (Å²) in [4.78, 5) is 38.0. The summed E-state index contributed by atoms with van der Waals surface area (Å²) in [5.41, 5.74) is 1.18. The minimum Gasteiger partial charge on any atom is -0.484 e. The lowest BCUT2D eigenvalue weighted by molar-refractivity contribution is -0.130. The topological polar surface area (TPSA) is 93.5 Å². The number of likely N-dealkylation sites (N-methyl/N-ethyl adjacent to an activating group) is 1. The van der Waals surface area contributed by atoms with Gasteiger partial charge in [0.05, 0.1) is 5.69 Å². The molecule has 0 bridgehead atoms. The first-order valence-electron chi connectivity index (χ1n) is 9.26. The van der Waals surface area contributed by atoms with Crippen molar-refractivity contribution in [2.75, 3.05) is 26.0 Å². The molecule has 0 aliphatic carbocycles. The minimum atomic E-state index is -0.610. The molecule has 0 saturated heterocycles. The Bertz CT molecular complexity index is 1110. The van der Waals surface area contributed by atoms with E-state index in [1.165, 1.54) is 11.0 Å². The summed E-state index contributed by atoms with van der Waals surface area (Å²) in [6, 6.07) is 17.1. The normalized spacial score (nSPS) is 10.4. The summed E-state index contributed by atoms with van der Waals surface area (Å²) in [7, 11) is 3.30. The van der Waals surface area contributed by atoms with Crippen LogP contribution in [0.4, 0.5) is 5.69 Å². The van der Waals surface area contributed by atoms with Gasteiger partial charge in [-0.2, -0.15) is 5.10 Å². The molecule has 154 valence electrons. The molecule has 8 nitrogen and oxygen atoms in total. The van der Waals surface area contributed by atoms with Crippen molar-refractivity contribution < 1.29 is 14.3 Å². The van der Waals surface area contributed by atoms with E-state index in [4.69, 9.17) is 4.74 Å². The fourth-order valence-corrected chi connectivity index (χ4v) is 2.63. The maximum Gasteiger partial charge on any atom is 0.280 e. The summed E-state index contributed by atoms with van der Waals surface area (Å²) in [6.45, 7) is 1.67. The highest BCUT2D eigenvalue weighted by atomic mass is 16.5. The van der Waals surface area contributed by atoms with Gasteiger partial charge < -0.3 is 15.0 Å². The van der Waals surface area contributed by atoms with Crippen molar-refractivity contribution in [3.63, 3.8) is 0 Å². The molecule has 0 atom stereocenters. The van der Waals surface area contributed by atoms with Gasteiger partial charge >= 0.3 is 0 Å². The fraction of sp³-hybridized carbons (Fsp3) is 0.182. The number of rotatable bonds is 6. The Kier molecular flexibility index (Phi) is 6.26. The van der Waals surface area contributed by atoms with E-state index in [0.29, 0.717) is 17.1 Å². The smallest absolute Gasteiger partial charge is 0.280 e. The number of ether oxygens (including phenoxy) is 1. The molecule has 1 heterocycles. The van der Waals surface area contributed by atoms with Crippen molar-refractivity contribution in [3.8, 4) is 11.4 Å². The van der Waals surface area contributed by atoms with E-state index < -0.39 is 11.3 Å². The van der Waals surface area contributed by atoms with E-state index in [1.807, 2.05) is 30.3 Å². The highest BCUT2D eigenvalue weighted by Crippen LogP contribution is 2.16. The average molecular weight is 406 g/mol. The van der Waals surface area contributed by atoms with Gasteiger partial charge in [0, 0.05) is 31.5 Å². The standard InChI is InChI=1S/C22H22N4O4/c1-15-13-19(27)21(24-26(15)17-7-5-4-6-8-17)22(29)23-16-9-11-18(12-10-16)30-14-20(28)25(2)3/h4-13H,14H2,1-3H3,(H,23,29). The zero-order chi connectivity index (χ0) is 21.7. The Labute approximate surface area is 173 Å². The minimum absolute atomic E-state index is 0.0784. The van der Waals surface area contributed by atoms with Gasteiger partial charge in [-0.1, -0.05) is 18.2 Å². The third-order valence-electron chi connectivity index (χ3n) is 4.30. The lowest BCUT2D eigenvalue weighted by Crippen LogP contribution is -2.27. The summed E-state index contributed by atoms with van der Waals surface area (Å²) < 4.78 is 6.95. The molecule has 2 amide bonds. The molecular formula is C22H22N4O4. The average Bonchev–Trinajstić information content (AvgIpc) is 2.73. The predicted octanol–water partition coefficient (Wildman–Crippen LogP) is 2.26. The number of nitrogens with one attached hydrogen (secondary N) is 1. The lowest BCUT2D eigenvalue weighted by Gasteiger charge is -2.12.